The first-order chi connectivity index (χ1) is 15.7. The molecule has 0 unspecified atom stereocenters. The number of anilines is 2. The summed E-state index contributed by atoms with van der Waals surface area (Å²) in [6.07, 6.45) is 0.937. The fourth-order valence-corrected chi connectivity index (χ4v) is 5.47. The number of phenolic OH excluding ortho intramolecular Hbond substituents is 1. The predicted molar refractivity (Wildman–Crippen MR) is 125 cm³/mol. The molecule has 0 radical (unpaired) electrons. The average Bonchev–Trinajstić information content (AvgIpc) is 2.80. The first-order valence-electron chi connectivity index (χ1n) is 10.8. The first kappa shape index (κ1) is 24.5. The van der Waals surface area contributed by atoms with Gasteiger partial charge in [0.25, 0.3) is 5.69 Å². The summed E-state index contributed by atoms with van der Waals surface area (Å²) in [5.41, 5.74) is 0.393. The number of nitrogens with one attached hydrogen (secondary N) is 1. The van der Waals surface area contributed by atoms with Gasteiger partial charge in [0.15, 0.2) is 0 Å². The number of hydrogen-bond donors (Lipinski definition) is 2. The van der Waals surface area contributed by atoms with Crippen molar-refractivity contribution in [2.75, 3.05) is 36.4 Å². The van der Waals surface area contributed by atoms with Crippen molar-refractivity contribution in [2.45, 2.75) is 31.6 Å². The van der Waals surface area contributed by atoms with Crippen LogP contribution < -0.4 is 10.2 Å². The number of nitrogens with zero attached hydrogens (tertiary/aromatic N) is 3. The smallest absolute Gasteiger partial charge is 0.293 e. The second-order valence-electron chi connectivity index (χ2n) is 7.76. The number of para-hydroxylation sites is 2. The van der Waals surface area contributed by atoms with Crippen molar-refractivity contribution in [2.24, 2.45) is 5.92 Å². The Morgan fingerprint density at radius 3 is 2.39 bits per heavy atom. The Morgan fingerprint density at radius 2 is 1.82 bits per heavy atom. The summed E-state index contributed by atoms with van der Waals surface area (Å²) in [6, 6.07) is 10.4. The molecule has 1 fully saturated rings. The molecule has 0 atom stereocenters. The Kier molecular flexibility index (Phi) is 7.54. The molecule has 1 aliphatic heterocycles. The molecule has 178 valence electrons. The summed E-state index contributed by atoms with van der Waals surface area (Å²) < 4.78 is 26.8. The van der Waals surface area contributed by atoms with Crippen LogP contribution in [0.2, 0.25) is 0 Å². The Morgan fingerprint density at radius 1 is 1.18 bits per heavy atom. The van der Waals surface area contributed by atoms with Gasteiger partial charge in [0.2, 0.25) is 15.9 Å². The van der Waals surface area contributed by atoms with Crippen LogP contribution in [0.4, 0.5) is 17.1 Å². The van der Waals surface area contributed by atoms with Gasteiger partial charge in [0.05, 0.1) is 15.5 Å². The van der Waals surface area contributed by atoms with E-state index in [1.165, 1.54) is 22.5 Å². The van der Waals surface area contributed by atoms with Crippen LogP contribution in [0.5, 0.6) is 5.75 Å². The van der Waals surface area contributed by atoms with Crippen LogP contribution in [0, 0.1) is 16.0 Å². The molecule has 2 aromatic rings. The molecule has 10 nitrogen and oxygen atoms in total. The highest BCUT2D eigenvalue weighted by molar-refractivity contribution is 7.89. The van der Waals surface area contributed by atoms with Crippen LogP contribution in [0.15, 0.2) is 47.4 Å². The number of rotatable bonds is 8. The molecule has 3 rings (SSSR count). The lowest BCUT2D eigenvalue weighted by atomic mass is 9.95. The molecular formula is C22H28N4O6S. The lowest BCUT2D eigenvalue weighted by molar-refractivity contribution is -0.384. The van der Waals surface area contributed by atoms with E-state index >= 15 is 0 Å². The second kappa shape index (κ2) is 10.2. The third-order valence-electron chi connectivity index (χ3n) is 5.86. The van der Waals surface area contributed by atoms with E-state index in [4.69, 9.17) is 0 Å². The highest BCUT2D eigenvalue weighted by Gasteiger charge is 2.31. The van der Waals surface area contributed by atoms with Gasteiger partial charge in [0, 0.05) is 38.2 Å². The normalized spacial score (nSPS) is 14.9. The number of phenols is 1. The number of hydrogen-bond acceptors (Lipinski definition) is 7. The van der Waals surface area contributed by atoms with Gasteiger partial charge < -0.3 is 15.3 Å². The molecule has 1 heterocycles. The molecule has 33 heavy (non-hydrogen) atoms. The van der Waals surface area contributed by atoms with Gasteiger partial charge in [-0.15, -0.1) is 0 Å². The number of nitro benzene ring substituents is 1. The Bertz CT molecular complexity index is 1130. The number of carbonyl (C=O) groups is 1. The van der Waals surface area contributed by atoms with Crippen molar-refractivity contribution in [1.29, 1.82) is 0 Å². The maximum atomic E-state index is 12.8. The number of aromatic hydroxyl groups is 1. The van der Waals surface area contributed by atoms with Gasteiger partial charge in [-0.2, -0.15) is 4.31 Å². The standard InChI is InChI=1S/C22H28N4O6S/c1-3-25(4-2)33(31,32)17-9-10-19(20(15-17)26(29)30)24-13-11-16(12-14-24)22(28)23-18-7-5-6-8-21(18)27/h5-10,15-16,27H,3-4,11-14H2,1-2H3,(H,23,28). The molecule has 2 aromatic carbocycles. The van der Waals surface area contributed by atoms with E-state index in [-0.39, 0.29) is 41.2 Å². The molecule has 1 saturated heterocycles. The highest BCUT2D eigenvalue weighted by atomic mass is 32.2. The van der Waals surface area contributed by atoms with Crippen LogP contribution in [-0.4, -0.2) is 54.8 Å². The molecule has 2 N–H and O–H groups in total. The first-order valence-corrected chi connectivity index (χ1v) is 12.2. The summed E-state index contributed by atoms with van der Waals surface area (Å²) >= 11 is 0. The molecule has 0 bridgehead atoms. The summed E-state index contributed by atoms with van der Waals surface area (Å²) in [5, 5.41) is 24.3. The monoisotopic (exact) mass is 476 g/mol. The summed E-state index contributed by atoms with van der Waals surface area (Å²) in [6.45, 7) is 4.77. The topological polar surface area (TPSA) is 133 Å². The van der Waals surface area contributed by atoms with E-state index in [0.29, 0.717) is 37.3 Å². The molecular weight excluding hydrogens is 448 g/mol. The van der Waals surface area contributed by atoms with E-state index in [1.807, 2.05) is 0 Å². The second-order valence-corrected chi connectivity index (χ2v) is 9.70. The van der Waals surface area contributed by atoms with E-state index in [1.54, 1.807) is 36.9 Å². The van der Waals surface area contributed by atoms with Crippen molar-refractivity contribution >= 4 is 33.0 Å². The number of amides is 1. The molecule has 0 aliphatic carbocycles. The number of nitro groups is 1. The predicted octanol–water partition coefficient (Wildman–Crippen LogP) is 3.19. The number of carbonyl (C=O) groups excluding carboxylic acids is 1. The van der Waals surface area contributed by atoms with Crippen molar-refractivity contribution in [3.8, 4) is 5.75 Å². The highest BCUT2D eigenvalue weighted by Crippen LogP contribution is 2.34. The molecule has 1 amide bonds. The third kappa shape index (κ3) is 5.25. The third-order valence-corrected chi connectivity index (χ3v) is 7.90. The minimum atomic E-state index is -3.82. The lowest BCUT2D eigenvalue weighted by Crippen LogP contribution is -2.38. The Hall–Kier alpha value is -3.18. The van der Waals surface area contributed by atoms with Gasteiger partial charge >= 0.3 is 0 Å². The van der Waals surface area contributed by atoms with Crippen molar-refractivity contribution in [3.63, 3.8) is 0 Å². The fraction of sp³-hybridized carbons (Fsp3) is 0.409. The summed E-state index contributed by atoms with van der Waals surface area (Å²) in [5.74, 6) is -0.535. The zero-order chi connectivity index (χ0) is 24.2. The average molecular weight is 477 g/mol. The SMILES string of the molecule is CCN(CC)S(=O)(=O)c1ccc(N2CCC(C(=O)Nc3ccccc3O)CC2)c([N+](=O)[O-])c1. The molecule has 1 aliphatic rings. The maximum Gasteiger partial charge on any atom is 0.293 e. The summed E-state index contributed by atoms with van der Waals surface area (Å²) in [7, 11) is -3.82. The zero-order valence-electron chi connectivity index (χ0n) is 18.6. The van der Waals surface area contributed by atoms with Gasteiger partial charge in [0.1, 0.15) is 11.4 Å². The van der Waals surface area contributed by atoms with Crippen molar-refractivity contribution in [1.82, 2.24) is 4.31 Å². The molecule has 0 spiro atoms. The number of sulfonamides is 1. The fourth-order valence-electron chi connectivity index (χ4n) is 3.99. The summed E-state index contributed by atoms with van der Waals surface area (Å²) in [4.78, 5) is 25.4. The van der Waals surface area contributed by atoms with Crippen LogP contribution in [0.3, 0.4) is 0 Å². The van der Waals surface area contributed by atoms with Gasteiger partial charge in [-0.25, -0.2) is 8.42 Å². The minimum Gasteiger partial charge on any atom is -0.506 e. The number of piperidine rings is 1. The number of benzene rings is 2. The van der Waals surface area contributed by atoms with E-state index in [9.17, 15) is 28.4 Å². The minimum absolute atomic E-state index is 0.0151. The Labute approximate surface area is 193 Å². The zero-order valence-corrected chi connectivity index (χ0v) is 19.4. The van der Waals surface area contributed by atoms with Gasteiger partial charge in [-0.3, -0.25) is 14.9 Å². The molecule has 0 aromatic heterocycles. The quantitative estimate of drug-likeness (QED) is 0.340. The van der Waals surface area contributed by atoms with Crippen LogP contribution in [0.1, 0.15) is 26.7 Å². The van der Waals surface area contributed by atoms with Crippen LogP contribution in [0.25, 0.3) is 0 Å². The largest absolute Gasteiger partial charge is 0.506 e. The van der Waals surface area contributed by atoms with Gasteiger partial charge in [-0.05, 0) is 37.1 Å². The lowest BCUT2D eigenvalue weighted by Gasteiger charge is -2.32. The van der Waals surface area contributed by atoms with Crippen LogP contribution >= 0.6 is 0 Å². The van der Waals surface area contributed by atoms with Crippen LogP contribution in [-0.2, 0) is 14.8 Å². The Balaban J connectivity index is 1.75. The van der Waals surface area contributed by atoms with E-state index < -0.39 is 14.9 Å². The van der Waals surface area contributed by atoms with Gasteiger partial charge in [-0.1, -0.05) is 26.0 Å². The van der Waals surface area contributed by atoms with Crippen molar-refractivity contribution in [3.05, 3.63) is 52.6 Å². The maximum absolute atomic E-state index is 12.8. The molecule has 0 saturated carbocycles. The molecule has 11 heteroatoms. The van der Waals surface area contributed by atoms with E-state index in [0.717, 1.165) is 6.07 Å². The van der Waals surface area contributed by atoms with Crippen molar-refractivity contribution < 1.29 is 23.2 Å². The van der Waals surface area contributed by atoms with E-state index in [2.05, 4.69) is 5.32 Å².